The van der Waals surface area contributed by atoms with Gasteiger partial charge in [-0.25, -0.2) is 0 Å². The van der Waals surface area contributed by atoms with Crippen molar-refractivity contribution in [3.05, 3.63) is 0 Å². The van der Waals surface area contributed by atoms with Gasteiger partial charge in [0, 0.05) is 30.7 Å². The molecule has 0 aromatic rings. The van der Waals surface area contributed by atoms with Crippen molar-refractivity contribution in [2.75, 3.05) is 0 Å². The van der Waals surface area contributed by atoms with E-state index in [-0.39, 0.29) is 0 Å². The molecule has 3 atom stereocenters. The van der Waals surface area contributed by atoms with Crippen LogP contribution in [-0.4, -0.2) is 37.4 Å². The Balaban J connectivity index is 3.98. The highest BCUT2D eigenvalue weighted by Gasteiger charge is 2.24. The lowest BCUT2D eigenvalue weighted by atomic mass is 9.42. The third-order valence-corrected chi connectivity index (χ3v) is 2.89. The molecule has 0 aromatic heterocycles. The fourth-order valence-electron chi connectivity index (χ4n) is 1.30. The van der Waals surface area contributed by atoms with Crippen LogP contribution in [0.25, 0.3) is 0 Å². The molecule has 0 aliphatic carbocycles. The second-order valence-corrected chi connectivity index (χ2v) is 5.68. The molecule has 4 heteroatoms. The van der Waals surface area contributed by atoms with Gasteiger partial charge in [-0.1, -0.05) is 37.1 Å². The third kappa shape index (κ3) is 3.21. The minimum Gasteiger partial charge on any atom is -0.0754 e. The quantitative estimate of drug-likeness (QED) is 0.568. The van der Waals surface area contributed by atoms with Crippen molar-refractivity contribution in [2.45, 2.75) is 37.1 Å². The Bertz CT molecular complexity index is 74.0. The summed E-state index contributed by atoms with van der Waals surface area (Å²) in [5.74, 6) is 0. The second-order valence-electron chi connectivity index (χ2n) is 2.94. The summed E-state index contributed by atoms with van der Waals surface area (Å²) in [5, 5.41) is 0. The molecule has 0 aliphatic rings. The molecule has 3 unspecified atom stereocenters. The van der Waals surface area contributed by atoms with Gasteiger partial charge in [0.2, 0.25) is 0 Å². The summed E-state index contributed by atoms with van der Waals surface area (Å²) in [4.78, 5) is 0. The average Bonchev–Trinajstić information content (AvgIpc) is 1.59. The van der Waals surface area contributed by atoms with Gasteiger partial charge in [-0.2, -0.15) is 0 Å². The summed E-state index contributed by atoms with van der Waals surface area (Å²) in [6.45, 7) is 7.16. The summed E-state index contributed by atoms with van der Waals surface area (Å²) in [5.41, 5.74) is 1.62. The van der Waals surface area contributed by atoms with Crippen LogP contribution in [0.4, 0.5) is 0 Å². The van der Waals surface area contributed by atoms with E-state index < -0.39 is 0 Å². The average molecular weight is 179 g/mol. The number of hydrogen-bond donors (Lipinski definition) is 0. The van der Waals surface area contributed by atoms with E-state index in [0.29, 0.717) is 23.0 Å². The maximum atomic E-state index is 3.63. The van der Waals surface area contributed by atoms with E-state index in [4.69, 9.17) is 0 Å². The normalized spacial score (nSPS) is 19.8. The zero-order chi connectivity index (χ0) is 8.31. The lowest BCUT2D eigenvalue weighted by molar-refractivity contribution is 1.11. The molecule has 10 heavy (non-hydrogen) atoms. The monoisotopic (exact) mass is 179 g/mol. The highest BCUT2D eigenvalue weighted by atomic mass is 28.2. The molecule has 0 rings (SSSR count). The van der Waals surface area contributed by atoms with E-state index in [9.17, 15) is 0 Å². The highest BCUT2D eigenvalue weighted by Crippen LogP contribution is 2.23. The summed E-state index contributed by atoms with van der Waals surface area (Å²) in [6.07, 6.45) is 0. The first-order valence-electron chi connectivity index (χ1n) is 3.60. The molecular formula is C6H12BSi3. The molecule has 0 aromatic carbocycles. The van der Waals surface area contributed by atoms with Gasteiger partial charge in [-0.3, -0.25) is 0 Å². The zero-order valence-corrected chi connectivity index (χ0v) is 9.81. The number of hydrogen-bond acceptors (Lipinski definition) is 0. The summed E-state index contributed by atoms with van der Waals surface area (Å²) in [6, 6.07) is 0. The number of rotatable bonds is 3. The van der Waals surface area contributed by atoms with Crippen molar-refractivity contribution in [1.29, 1.82) is 0 Å². The van der Waals surface area contributed by atoms with Gasteiger partial charge >= 0.3 is 0 Å². The van der Waals surface area contributed by atoms with Crippen LogP contribution in [0.15, 0.2) is 0 Å². The Kier molecular flexibility index (Phi) is 4.89. The van der Waals surface area contributed by atoms with E-state index in [1.54, 1.807) is 0 Å². The lowest BCUT2D eigenvalue weighted by Crippen LogP contribution is -2.29. The summed E-state index contributed by atoms with van der Waals surface area (Å²) in [7, 11) is 10.9. The van der Waals surface area contributed by atoms with Gasteiger partial charge in [0.15, 0.2) is 0 Å². The van der Waals surface area contributed by atoms with Crippen LogP contribution >= 0.6 is 0 Å². The van der Waals surface area contributed by atoms with Crippen LogP contribution in [0.2, 0.25) is 16.3 Å². The molecule has 0 saturated carbocycles. The van der Waals surface area contributed by atoms with Crippen molar-refractivity contribution in [3.63, 3.8) is 0 Å². The Morgan fingerprint density at radius 3 is 1.00 bits per heavy atom. The van der Waals surface area contributed by atoms with Crippen molar-refractivity contribution < 1.29 is 0 Å². The van der Waals surface area contributed by atoms with Gasteiger partial charge in [0.25, 0.3) is 0 Å². The molecule has 0 spiro atoms. The topological polar surface area (TPSA) is 0 Å². The molecule has 0 saturated heterocycles. The van der Waals surface area contributed by atoms with E-state index in [2.05, 4.69) is 51.5 Å². The smallest absolute Gasteiger partial charge is 0.0754 e. The van der Waals surface area contributed by atoms with E-state index in [0.717, 1.165) is 0 Å². The van der Waals surface area contributed by atoms with Gasteiger partial charge in [0.05, 0.1) is 0 Å². The first-order valence-corrected chi connectivity index (χ1v) is 5.33. The van der Waals surface area contributed by atoms with Crippen molar-refractivity contribution in [1.82, 2.24) is 0 Å². The van der Waals surface area contributed by atoms with E-state index in [1.165, 1.54) is 0 Å². The predicted molar refractivity (Wildman–Crippen MR) is 51.3 cm³/mol. The molecule has 0 amide bonds. The zero-order valence-electron chi connectivity index (χ0n) is 6.81. The van der Waals surface area contributed by atoms with Crippen molar-refractivity contribution in [3.8, 4) is 0 Å². The van der Waals surface area contributed by atoms with E-state index >= 15 is 0 Å². The largest absolute Gasteiger partial charge is 0.138 e. The molecule has 0 aliphatic heterocycles. The molecule has 9 radical (unpaired) electrons. The summed E-state index contributed by atoms with van der Waals surface area (Å²) >= 11 is 0. The molecular weight excluding hydrogens is 167 g/mol. The van der Waals surface area contributed by atoms with Crippen LogP contribution < -0.4 is 0 Å². The summed E-state index contributed by atoms with van der Waals surface area (Å²) < 4.78 is 0. The predicted octanol–water partition coefficient (Wildman–Crippen LogP) is 1.03. The highest BCUT2D eigenvalue weighted by molar-refractivity contribution is 6.79. The molecule has 0 bridgehead atoms. The fraction of sp³-hybridized carbons (Fsp3) is 1.00. The first kappa shape index (κ1) is 10.7. The van der Waals surface area contributed by atoms with Crippen LogP contribution in [0.3, 0.4) is 0 Å². The molecule has 51 valence electrons. The second kappa shape index (κ2) is 4.56. The Morgan fingerprint density at radius 2 is 1.00 bits per heavy atom. The van der Waals surface area contributed by atoms with Crippen LogP contribution in [0.1, 0.15) is 20.8 Å². The van der Waals surface area contributed by atoms with Crippen LogP contribution in [-0.2, 0) is 0 Å². The lowest BCUT2D eigenvalue weighted by Gasteiger charge is -2.24. The van der Waals surface area contributed by atoms with Gasteiger partial charge < -0.3 is 0 Å². The maximum absolute atomic E-state index is 3.63. The third-order valence-electron chi connectivity index (χ3n) is 1.73. The molecule has 0 N–H and O–H groups in total. The minimum atomic E-state index is 0.542. The first-order chi connectivity index (χ1) is 4.46. The molecule has 0 heterocycles. The van der Waals surface area contributed by atoms with Crippen molar-refractivity contribution >= 4 is 37.4 Å². The fourth-order valence-corrected chi connectivity index (χ4v) is 3.61. The van der Waals surface area contributed by atoms with E-state index in [1.807, 2.05) is 0 Å². The maximum Gasteiger partial charge on any atom is 0.138 e. The minimum absolute atomic E-state index is 0.542. The van der Waals surface area contributed by atoms with Gasteiger partial charge in [-0.15, -0.1) is 0 Å². The Morgan fingerprint density at radius 1 is 0.800 bits per heavy atom. The Hall–Kier alpha value is 0.716. The molecule has 0 fully saturated rings. The van der Waals surface area contributed by atoms with Gasteiger partial charge in [0.1, 0.15) is 6.71 Å². The molecule has 0 nitrogen and oxygen atoms in total. The van der Waals surface area contributed by atoms with Crippen LogP contribution in [0.5, 0.6) is 0 Å². The Labute approximate surface area is 74.9 Å². The SMILES string of the molecule is CC([Si])B(C(C)[Si])C(C)[Si]. The van der Waals surface area contributed by atoms with Crippen LogP contribution in [0, 0.1) is 0 Å². The van der Waals surface area contributed by atoms with Crippen molar-refractivity contribution in [2.24, 2.45) is 0 Å². The standard InChI is InChI=1S/C6H12BSi3/c1-4(8)7(5(2)9)6(3)10/h4-6H,1-3H3. The van der Waals surface area contributed by atoms with Gasteiger partial charge in [-0.05, 0) is 0 Å².